The van der Waals surface area contributed by atoms with Crippen LogP contribution in [0.4, 0.5) is 0 Å². The number of nitrogens with one attached hydrogen (secondary N) is 3. The molecular weight excluding hydrogens is 242 g/mol. The summed E-state index contributed by atoms with van der Waals surface area (Å²) in [4.78, 5) is 6.49. The second kappa shape index (κ2) is 5.78. The van der Waals surface area contributed by atoms with E-state index in [1.165, 1.54) is 6.20 Å². The van der Waals surface area contributed by atoms with Crippen molar-refractivity contribution in [1.29, 1.82) is 5.41 Å². The molecule has 1 heterocycles. The van der Waals surface area contributed by atoms with E-state index in [9.17, 15) is 8.42 Å². The summed E-state index contributed by atoms with van der Waals surface area (Å²) in [5.41, 5.74) is 5.19. The molecule has 0 aliphatic carbocycles. The van der Waals surface area contributed by atoms with Crippen molar-refractivity contribution in [2.45, 2.75) is 31.2 Å². The maximum Gasteiger partial charge on any atom is 0.257 e. The number of aromatic amines is 1. The number of amidine groups is 1. The van der Waals surface area contributed by atoms with E-state index in [1.807, 2.05) is 0 Å². The van der Waals surface area contributed by atoms with Crippen molar-refractivity contribution in [3.8, 4) is 0 Å². The summed E-state index contributed by atoms with van der Waals surface area (Å²) in [5.74, 6) is 0.680. The summed E-state index contributed by atoms with van der Waals surface area (Å²) >= 11 is 0. The molecule has 96 valence electrons. The number of aryl methyl sites for hydroxylation is 1. The molecule has 0 aliphatic rings. The zero-order valence-electron chi connectivity index (χ0n) is 9.66. The summed E-state index contributed by atoms with van der Waals surface area (Å²) in [6.45, 7) is 2.01. The van der Waals surface area contributed by atoms with E-state index in [0.717, 1.165) is 0 Å². The molecule has 5 N–H and O–H groups in total. The van der Waals surface area contributed by atoms with E-state index in [4.69, 9.17) is 11.1 Å². The van der Waals surface area contributed by atoms with Gasteiger partial charge in [0, 0.05) is 13.0 Å². The number of hydrogen-bond acceptors (Lipinski definition) is 4. The molecule has 0 saturated heterocycles. The van der Waals surface area contributed by atoms with Crippen molar-refractivity contribution >= 4 is 15.9 Å². The van der Waals surface area contributed by atoms with E-state index < -0.39 is 10.0 Å². The Balaban J connectivity index is 2.38. The van der Waals surface area contributed by atoms with Crippen molar-refractivity contribution in [3.05, 3.63) is 12.0 Å². The highest BCUT2D eigenvalue weighted by Crippen LogP contribution is 2.04. The number of aromatic nitrogens is 2. The van der Waals surface area contributed by atoms with Crippen LogP contribution < -0.4 is 10.5 Å². The number of imidazole rings is 1. The Hall–Kier alpha value is -1.41. The van der Waals surface area contributed by atoms with Crippen LogP contribution in [0.25, 0.3) is 0 Å². The van der Waals surface area contributed by atoms with Crippen LogP contribution in [0.1, 0.15) is 25.1 Å². The Bertz CT molecular complexity index is 479. The number of H-pyrrole nitrogens is 1. The first kappa shape index (κ1) is 13.7. The lowest BCUT2D eigenvalue weighted by Crippen LogP contribution is -2.25. The normalized spacial score (nSPS) is 11.6. The molecule has 1 aromatic rings. The van der Waals surface area contributed by atoms with Gasteiger partial charge in [0.15, 0.2) is 5.03 Å². The van der Waals surface area contributed by atoms with Crippen LogP contribution in [0, 0.1) is 12.3 Å². The number of unbranched alkanes of at least 4 members (excludes halogenated alkanes) is 1. The Labute approximate surface area is 100 Å². The van der Waals surface area contributed by atoms with Gasteiger partial charge in [0.2, 0.25) is 0 Å². The van der Waals surface area contributed by atoms with Crippen LogP contribution in [-0.2, 0) is 10.0 Å². The lowest BCUT2D eigenvalue weighted by atomic mass is 10.2. The molecule has 0 aromatic carbocycles. The highest BCUT2D eigenvalue weighted by Gasteiger charge is 2.15. The van der Waals surface area contributed by atoms with E-state index in [2.05, 4.69) is 14.7 Å². The van der Waals surface area contributed by atoms with Gasteiger partial charge in [-0.2, -0.15) is 0 Å². The summed E-state index contributed by atoms with van der Waals surface area (Å²) < 4.78 is 25.8. The van der Waals surface area contributed by atoms with Crippen molar-refractivity contribution in [3.63, 3.8) is 0 Å². The van der Waals surface area contributed by atoms with E-state index in [1.54, 1.807) is 6.92 Å². The predicted octanol–water partition coefficient (Wildman–Crippen LogP) is 0.103. The topological polar surface area (TPSA) is 125 Å². The molecule has 0 spiro atoms. The highest BCUT2D eigenvalue weighted by atomic mass is 32.2. The lowest BCUT2D eigenvalue weighted by Gasteiger charge is -2.04. The van der Waals surface area contributed by atoms with E-state index in [0.29, 0.717) is 31.6 Å². The summed E-state index contributed by atoms with van der Waals surface area (Å²) in [6, 6.07) is 0. The minimum atomic E-state index is -3.49. The van der Waals surface area contributed by atoms with Gasteiger partial charge >= 0.3 is 0 Å². The van der Waals surface area contributed by atoms with Gasteiger partial charge in [0.05, 0.1) is 12.0 Å². The smallest absolute Gasteiger partial charge is 0.257 e. The number of hydrogen-bond donors (Lipinski definition) is 4. The van der Waals surface area contributed by atoms with Crippen LogP contribution in [0.15, 0.2) is 11.2 Å². The lowest BCUT2D eigenvalue weighted by molar-refractivity contribution is 0.574. The van der Waals surface area contributed by atoms with Crippen molar-refractivity contribution in [2.24, 2.45) is 5.73 Å². The second-order valence-electron chi connectivity index (χ2n) is 3.71. The number of nitrogens with zero attached hydrogens (tertiary/aromatic N) is 1. The van der Waals surface area contributed by atoms with E-state index in [-0.39, 0.29) is 10.9 Å². The molecule has 0 radical (unpaired) electrons. The molecular formula is C9H17N5O2S. The third-order valence-corrected chi connectivity index (χ3v) is 3.50. The Morgan fingerprint density at radius 3 is 2.82 bits per heavy atom. The van der Waals surface area contributed by atoms with Gasteiger partial charge in [0.1, 0.15) is 5.82 Å². The fraction of sp³-hybridized carbons (Fsp3) is 0.556. The van der Waals surface area contributed by atoms with Crippen molar-refractivity contribution in [1.82, 2.24) is 14.7 Å². The standard InChI is InChI=1S/C9H17N5O2S/c1-7-12-6-9(14-7)17(15,16)13-5-3-2-4-8(10)11/h6,13H,2-5H2,1H3,(H3,10,11)(H,12,14). The first-order valence-corrected chi connectivity index (χ1v) is 6.74. The molecule has 0 bridgehead atoms. The minimum Gasteiger partial charge on any atom is -0.388 e. The number of sulfonamides is 1. The first-order valence-electron chi connectivity index (χ1n) is 5.26. The SMILES string of the molecule is Cc1ncc(S(=O)(=O)NCCCCC(=N)N)[nH]1. The monoisotopic (exact) mass is 259 g/mol. The molecule has 0 saturated carbocycles. The average Bonchev–Trinajstić information content (AvgIpc) is 2.64. The van der Waals surface area contributed by atoms with Crippen LogP contribution in [-0.4, -0.2) is 30.8 Å². The molecule has 1 rings (SSSR count). The zero-order chi connectivity index (χ0) is 12.9. The average molecular weight is 259 g/mol. The fourth-order valence-corrected chi connectivity index (χ4v) is 2.30. The first-order chi connectivity index (χ1) is 7.92. The van der Waals surface area contributed by atoms with Crippen LogP contribution in [0.2, 0.25) is 0 Å². The van der Waals surface area contributed by atoms with E-state index >= 15 is 0 Å². The van der Waals surface area contributed by atoms with Gasteiger partial charge in [-0.15, -0.1) is 0 Å². The predicted molar refractivity (Wildman–Crippen MR) is 64.3 cm³/mol. The van der Waals surface area contributed by atoms with Gasteiger partial charge in [-0.05, 0) is 19.8 Å². The van der Waals surface area contributed by atoms with Crippen molar-refractivity contribution in [2.75, 3.05) is 6.54 Å². The Morgan fingerprint density at radius 1 is 1.59 bits per heavy atom. The number of nitrogens with two attached hydrogens (primary N) is 1. The highest BCUT2D eigenvalue weighted by molar-refractivity contribution is 7.89. The van der Waals surface area contributed by atoms with Crippen molar-refractivity contribution < 1.29 is 8.42 Å². The molecule has 0 aliphatic heterocycles. The molecule has 0 unspecified atom stereocenters. The molecule has 1 aromatic heterocycles. The maximum absolute atomic E-state index is 11.7. The molecule has 17 heavy (non-hydrogen) atoms. The fourth-order valence-electron chi connectivity index (χ4n) is 1.26. The molecule has 7 nitrogen and oxygen atoms in total. The largest absolute Gasteiger partial charge is 0.388 e. The van der Waals surface area contributed by atoms with Crippen LogP contribution >= 0.6 is 0 Å². The molecule has 0 atom stereocenters. The summed E-state index contributed by atoms with van der Waals surface area (Å²) in [7, 11) is -3.49. The molecule has 8 heteroatoms. The third kappa shape index (κ3) is 4.53. The zero-order valence-corrected chi connectivity index (χ0v) is 10.5. The minimum absolute atomic E-state index is 0.0709. The van der Waals surface area contributed by atoms with Crippen LogP contribution in [0.3, 0.4) is 0 Å². The van der Waals surface area contributed by atoms with Gasteiger partial charge in [-0.1, -0.05) is 0 Å². The maximum atomic E-state index is 11.7. The summed E-state index contributed by atoms with van der Waals surface area (Å²) in [5, 5.41) is 7.09. The van der Waals surface area contributed by atoms with Gasteiger partial charge in [-0.3, -0.25) is 5.41 Å². The quantitative estimate of drug-likeness (QED) is 0.315. The number of rotatable bonds is 7. The van der Waals surface area contributed by atoms with Gasteiger partial charge in [0.25, 0.3) is 10.0 Å². The molecule has 0 amide bonds. The Morgan fingerprint density at radius 2 is 2.29 bits per heavy atom. The van der Waals surface area contributed by atoms with Crippen LogP contribution in [0.5, 0.6) is 0 Å². The second-order valence-corrected chi connectivity index (χ2v) is 5.45. The van der Waals surface area contributed by atoms with Gasteiger partial charge in [-0.25, -0.2) is 18.1 Å². The van der Waals surface area contributed by atoms with Gasteiger partial charge < -0.3 is 10.7 Å². The molecule has 0 fully saturated rings. The summed E-state index contributed by atoms with van der Waals surface area (Å²) in [6.07, 6.45) is 3.11. The third-order valence-electron chi connectivity index (χ3n) is 2.13. The Kier molecular flexibility index (Phi) is 4.64.